The van der Waals surface area contributed by atoms with Crippen LogP contribution in [0.5, 0.6) is 0 Å². The van der Waals surface area contributed by atoms with Gasteiger partial charge in [-0.1, -0.05) is 19.4 Å². The summed E-state index contributed by atoms with van der Waals surface area (Å²) in [5.41, 5.74) is 9.59. The maximum atomic E-state index is 9.23. The van der Waals surface area contributed by atoms with Crippen molar-refractivity contribution in [2.75, 3.05) is 23.3 Å². The van der Waals surface area contributed by atoms with Gasteiger partial charge in [-0.05, 0) is 43.9 Å². The fourth-order valence-electron chi connectivity index (χ4n) is 3.25. The minimum atomic E-state index is 0. The number of aryl methyl sites for hydroxylation is 2. The van der Waals surface area contributed by atoms with E-state index in [0.29, 0.717) is 11.5 Å². The molecule has 6 nitrogen and oxygen atoms in total. The Hall–Kier alpha value is -2.07. The van der Waals surface area contributed by atoms with Gasteiger partial charge in [0.05, 0.1) is 11.6 Å². The van der Waals surface area contributed by atoms with Crippen molar-refractivity contribution >= 4 is 42.3 Å². The number of aromatic nitrogens is 2. The molecule has 1 aromatic heterocycles. The largest absolute Gasteiger partial charge is 0.355 e. The van der Waals surface area contributed by atoms with Crippen LogP contribution in [0.15, 0.2) is 24.3 Å². The molecule has 2 aromatic rings. The first kappa shape index (κ1) is 24.0. The normalized spacial score (nSPS) is 15.8. The molecule has 2 heterocycles. The average Bonchev–Trinajstić information content (AvgIpc) is 2.63. The third kappa shape index (κ3) is 5.96. The fraction of sp³-hybridized carbons (Fsp3) is 0.450. The molecule has 28 heavy (non-hydrogen) atoms. The molecular weight excluding hydrogens is 395 g/mol. The Labute approximate surface area is 179 Å². The molecular formula is C20H28Cl2N6. The summed E-state index contributed by atoms with van der Waals surface area (Å²) in [5, 5.41) is 12.5. The molecule has 1 saturated heterocycles. The van der Waals surface area contributed by atoms with Gasteiger partial charge in [0.1, 0.15) is 5.82 Å². The number of rotatable bonds is 5. The first-order chi connectivity index (χ1) is 12.6. The van der Waals surface area contributed by atoms with Crippen molar-refractivity contribution in [1.82, 2.24) is 9.97 Å². The second kappa shape index (κ2) is 11.1. The molecule has 1 fully saturated rings. The number of nitrogens with two attached hydrogens (primary N) is 1. The predicted octanol–water partition coefficient (Wildman–Crippen LogP) is 4.12. The van der Waals surface area contributed by atoms with E-state index in [1.807, 2.05) is 25.1 Å². The van der Waals surface area contributed by atoms with E-state index in [1.165, 1.54) is 0 Å². The molecule has 0 radical (unpaired) electrons. The molecule has 1 atom stereocenters. The fourth-order valence-corrected chi connectivity index (χ4v) is 3.25. The standard InChI is InChI=1S/C20H26N6.2ClH/c1-3-5-17-11-19(26-9-4-6-16(22)13-26)25-20(23-17)24-18-8-7-14(2)15(10-18)12-21;;/h7-8,10-11,16H,3-6,9,13,22H2,1-2H3,(H,23,24,25);2*1H. The monoisotopic (exact) mass is 422 g/mol. The lowest BCUT2D eigenvalue weighted by molar-refractivity contribution is 0.503. The van der Waals surface area contributed by atoms with Gasteiger partial charge in [0, 0.05) is 36.6 Å². The highest BCUT2D eigenvalue weighted by Crippen LogP contribution is 2.23. The van der Waals surface area contributed by atoms with E-state index < -0.39 is 0 Å². The van der Waals surface area contributed by atoms with Crippen LogP contribution in [0.2, 0.25) is 0 Å². The van der Waals surface area contributed by atoms with E-state index in [0.717, 1.165) is 61.5 Å². The van der Waals surface area contributed by atoms with Crippen molar-refractivity contribution in [3.63, 3.8) is 0 Å². The Morgan fingerprint density at radius 2 is 2.07 bits per heavy atom. The van der Waals surface area contributed by atoms with Crippen molar-refractivity contribution in [1.29, 1.82) is 5.26 Å². The minimum Gasteiger partial charge on any atom is -0.355 e. The van der Waals surface area contributed by atoms with Crippen molar-refractivity contribution in [2.45, 2.75) is 45.6 Å². The number of hydrogen-bond acceptors (Lipinski definition) is 6. The molecule has 0 saturated carbocycles. The maximum absolute atomic E-state index is 9.23. The Balaban J connectivity index is 0.00000196. The lowest BCUT2D eigenvalue weighted by atomic mass is 10.1. The Bertz CT molecular complexity index is 821. The first-order valence-corrected chi connectivity index (χ1v) is 9.25. The topological polar surface area (TPSA) is 90.9 Å². The van der Waals surface area contributed by atoms with Crippen LogP contribution < -0.4 is 16.0 Å². The van der Waals surface area contributed by atoms with Crippen molar-refractivity contribution in [2.24, 2.45) is 5.73 Å². The smallest absolute Gasteiger partial charge is 0.229 e. The van der Waals surface area contributed by atoms with Crippen LogP contribution in [0.4, 0.5) is 17.5 Å². The number of nitrogens with zero attached hydrogens (tertiary/aromatic N) is 4. The molecule has 1 unspecified atom stereocenters. The number of piperidine rings is 1. The summed E-state index contributed by atoms with van der Waals surface area (Å²) >= 11 is 0. The number of nitrogens with one attached hydrogen (secondary N) is 1. The number of halogens is 2. The van der Waals surface area contributed by atoms with E-state index in [-0.39, 0.29) is 30.9 Å². The predicted molar refractivity (Wildman–Crippen MR) is 119 cm³/mol. The summed E-state index contributed by atoms with van der Waals surface area (Å²) in [5.74, 6) is 1.49. The molecule has 0 aliphatic carbocycles. The summed E-state index contributed by atoms with van der Waals surface area (Å²) in [7, 11) is 0. The van der Waals surface area contributed by atoms with Gasteiger partial charge in [-0.15, -0.1) is 24.8 Å². The molecule has 3 N–H and O–H groups in total. The molecule has 0 amide bonds. The molecule has 1 aliphatic heterocycles. The molecule has 1 aromatic carbocycles. The second-order valence-corrected chi connectivity index (χ2v) is 6.91. The lowest BCUT2D eigenvalue weighted by Crippen LogP contribution is -2.43. The van der Waals surface area contributed by atoms with Crippen LogP contribution in [0, 0.1) is 18.3 Å². The molecule has 8 heteroatoms. The Kier molecular flexibility index (Phi) is 9.47. The van der Waals surface area contributed by atoms with Crippen LogP contribution in [-0.2, 0) is 6.42 Å². The van der Waals surface area contributed by atoms with Crippen LogP contribution in [-0.4, -0.2) is 29.1 Å². The summed E-state index contributed by atoms with van der Waals surface area (Å²) in [4.78, 5) is 11.6. The molecule has 1 aliphatic rings. The zero-order valence-electron chi connectivity index (χ0n) is 16.3. The number of nitriles is 1. The van der Waals surface area contributed by atoms with Gasteiger partial charge in [0.15, 0.2) is 0 Å². The molecule has 152 valence electrons. The van der Waals surface area contributed by atoms with Gasteiger partial charge >= 0.3 is 0 Å². The third-order valence-corrected chi connectivity index (χ3v) is 4.67. The highest BCUT2D eigenvalue weighted by Gasteiger charge is 2.19. The van der Waals surface area contributed by atoms with Crippen molar-refractivity contribution < 1.29 is 0 Å². The zero-order valence-corrected chi connectivity index (χ0v) is 17.9. The van der Waals surface area contributed by atoms with Crippen LogP contribution >= 0.6 is 24.8 Å². The highest BCUT2D eigenvalue weighted by molar-refractivity contribution is 5.85. The first-order valence-electron chi connectivity index (χ1n) is 9.25. The summed E-state index contributed by atoms with van der Waals surface area (Å²) in [6, 6.07) is 10.2. The van der Waals surface area contributed by atoms with Crippen molar-refractivity contribution in [3.05, 3.63) is 41.1 Å². The number of hydrogen-bond donors (Lipinski definition) is 2. The second-order valence-electron chi connectivity index (χ2n) is 6.91. The number of benzene rings is 1. The summed E-state index contributed by atoms with van der Waals surface area (Å²) < 4.78 is 0. The number of anilines is 3. The molecule has 0 spiro atoms. The zero-order chi connectivity index (χ0) is 18.5. The van der Waals surface area contributed by atoms with E-state index >= 15 is 0 Å². The Morgan fingerprint density at radius 1 is 1.29 bits per heavy atom. The summed E-state index contributed by atoms with van der Waals surface area (Å²) in [6.07, 6.45) is 4.08. The highest BCUT2D eigenvalue weighted by atomic mass is 35.5. The van der Waals surface area contributed by atoms with Gasteiger partial charge in [0.2, 0.25) is 5.95 Å². The maximum Gasteiger partial charge on any atom is 0.229 e. The average molecular weight is 423 g/mol. The van der Waals surface area contributed by atoms with E-state index in [2.05, 4.69) is 34.3 Å². The van der Waals surface area contributed by atoms with Gasteiger partial charge < -0.3 is 16.0 Å². The lowest BCUT2D eigenvalue weighted by Gasteiger charge is -2.32. The SMILES string of the molecule is CCCc1cc(N2CCCC(N)C2)nc(Nc2ccc(C)c(C#N)c2)n1.Cl.Cl. The van der Waals surface area contributed by atoms with Gasteiger partial charge in [-0.25, -0.2) is 4.98 Å². The van der Waals surface area contributed by atoms with Gasteiger partial charge in [0.25, 0.3) is 0 Å². The van der Waals surface area contributed by atoms with E-state index in [9.17, 15) is 5.26 Å². The molecule has 0 bridgehead atoms. The van der Waals surface area contributed by atoms with Gasteiger partial charge in [-0.3, -0.25) is 0 Å². The third-order valence-electron chi connectivity index (χ3n) is 4.67. The van der Waals surface area contributed by atoms with E-state index in [4.69, 9.17) is 10.7 Å². The summed E-state index contributed by atoms with van der Waals surface area (Å²) in [6.45, 7) is 5.87. The Morgan fingerprint density at radius 3 is 2.75 bits per heavy atom. The van der Waals surface area contributed by atoms with Crippen LogP contribution in [0.3, 0.4) is 0 Å². The van der Waals surface area contributed by atoms with Crippen molar-refractivity contribution in [3.8, 4) is 6.07 Å². The quantitative estimate of drug-likeness (QED) is 0.752. The van der Waals surface area contributed by atoms with Crippen LogP contribution in [0.1, 0.15) is 43.0 Å². The van der Waals surface area contributed by atoms with Crippen LogP contribution in [0.25, 0.3) is 0 Å². The van der Waals surface area contributed by atoms with E-state index in [1.54, 1.807) is 0 Å². The van der Waals surface area contributed by atoms with Gasteiger partial charge in [-0.2, -0.15) is 10.2 Å². The molecule has 3 rings (SSSR count). The minimum absolute atomic E-state index is 0.